The van der Waals surface area contributed by atoms with Crippen molar-refractivity contribution in [3.05, 3.63) is 90.0 Å². The monoisotopic (exact) mass is 414 g/mol. The van der Waals surface area contributed by atoms with Crippen molar-refractivity contribution in [1.29, 1.82) is 0 Å². The van der Waals surface area contributed by atoms with E-state index in [1.54, 1.807) is 67.7 Å². The van der Waals surface area contributed by atoms with Gasteiger partial charge in [-0.1, -0.05) is 57.4 Å². The highest BCUT2D eigenvalue weighted by atomic mass is 32.3. The van der Waals surface area contributed by atoms with Crippen molar-refractivity contribution >= 4 is 25.6 Å². The van der Waals surface area contributed by atoms with E-state index in [0.29, 0.717) is 10.6 Å². The Morgan fingerprint density at radius 3 is 1.64 bits per heavy atom. The molecule has 0 bridgehead atoms. The Labute approximate surface area is 167 Å². The molecule has 0 N–H and O–H groups in total. The highest BCUT2D eigenvalue weighted by Gasteiger charge is 2.25. The largest absolute Gasteiger partial charge is 0.291 e. The molecule has 0 radical (unpaired) electrons. The van der Waals surface area contributed by atoms with E-state index in [9.17, 15) is 12.6 Å². The molecule has 3 aromatic carbocycles. The molecule has 0 aliphatic heterocycles. The molecule has 0 saturated heterocycles. The van der Waals surface area contributed by atoms with E-state index in [1.807, 2.05) is 19.9 Å². The van der Waals surface area contributed by atoms with Gasteiger partial charge in [-0.05, 0) is 50.2 Å². The quantitative estimate of drug-likeness (QED) is 0.614. The molecule has 1 unspecified atom stereocenters. The van der Waals surface area contributed by atoms with Crippen molar-refractivity contribution in [2.75, 3.05) is 11.4 Å². The molecule has 146 valence electrons. The first-order valence-electron chi connectivity index (χ1n) is 8.68. The van der Waals surface area contributed by atoms with Gasteiger partial charge in [0.1, 0.15) is 0 Å². The van der Waals surface area contributed by atoms with Crippen LogP contribution in [0.5, 0.6) is 0 Å². The fourth-order valence-electron chi connectivity index (χ4n) is 2.63. The maximum absolute atomic E-state index is 14.0. The molecule has 0 spiro atoms. The third-order valence-corrected chi connectivity index (χ3v) is 8.64. The summed E-state index contributed by atoms with van der Waals surface area (Å²) in [6, 6.07) is 22.2. The topological polar surface area (TPSA) is 66.8 Å². The highest BCUT2D eigenvalue weighted by molar-refractivity contribution is 8.04. The first kappa shape index (κ1) is 20.1. The van der Waals surface area contributed by atoms with Crippen molar-refractivity contribution in [2.45, 2.75) is 23.6 Å². The van der Waals surface area contributed by atoms with Crippen LogP contribution >= 0.6 is 0 Å². The van der Waals surface area contributed by atoms with Gasteiger partial charge in [0.15, 0.2) is 9.92 Å². The predicted octanol–water partition coefficient (Wildman–Crippen LogP) is 4.57. The number of sulfonamides is 1. The predicted molar refractivity (Wildman–Crippen MR) is 113 cm³/mol. The molecule has 0 amide bonds. The zero-order chi connectivity index (χ0) is 20.4. The summed E-state index contributed by atoms with van der Waals surface area (Å²) in [5.41, 5.74) is 2.52. The Morgan fingerprint density at radius 1 is 0.679 bits per heavy atom. The number of hydrogen-bond donors (Lipinski definition) is 0. The summed E-state index contributed by atoms with van der Waals surface area (Å²) in [5.74, 6) is 0. The standard InChI is InChI=1S/C21H22N2O3S2/c1-17-9-13-20(14-10-17)27(24,23(3)19-7-5-4-6-8-19)22-28(25,26)21-15-11-18(2)12-16-21/h4-16H,1-3H3. The van der Waals surface area contributed by atoms with Crippen molar-refractivity contribution in [3.63, 3.8) is 0 Å². The van der Waals surface area contributed by atoms with Gasteiger partial charge in [0.05, 0.1) is 15.5 Å². The van der Waals surface area contributed by atoms with E-state index in [-0.39, 0.29) is 4.90 Å². The van der Waals surface area contributed by atoms with Crippen LogP contribution < -0.4 is 4.31 Å². The number of nitrogens with zero attached hydrogens (tertiary/aromatic N) is 2. The lowest BCUT2D eigenvalue weighted by molar-refractivity contribution is 0.598. The SMILES string of the molecule is Cc1ccc(S(=O)(=O)N=S(=O)(c2ccc(C)cc2)N(C)c2ccccc2)cc1. The lowest BCUT2D eigenvalue weighted by atomic mass is 10.2. The Kier molecular flexibility index (Phi) is 5.58. The lowest BCUT2D eigenvalue weighted by Crippen LogP contribution is -2.27. The first-order valence-corrected chi connectivity index (χ1v) is 11.6. The molecule has 3 aromatic rings. The van der Waals surface area contributed by atoms with Gasteiger partial charge in [0.2, 0.25) is 0 Å². The number of rotatable bonds is 5. The molecule has 7 heteroatoms. The summed E-state index contributed by atoms with van der Waals surface area (Å²) in [5, 5.41) is 0. The summed E-state index contributed by atoms with van der Waals surface area (Å²) in [4.78, 5) is 0.347. The summed E-state index contributed by atoms with van der Waals surface area (Å²) in [6.45, 7) is 3.78. The number of benzene rings is 3. The number of anilines is 1. The van der Waals surface area contributed by atoms with Crippen molar-refractivity contribution in [3.8, 4) is 0 Å². The molecule has 0 aliphatic rings. The Hall–Kier alpha value is -2.64. The van der Waals surface area contributed by atoms with Crippen LogP contribution in [0.2, 0.25) is 0 Å². The van der Waals surface area contributed by atoms with Gasteiger partial charge >= 0.3 is 0 Å². The highest BCUT2D eigenvalue weighted by Crippen LogP contribution is 2.27. The normalized spacial score (nSPS) is 13.5. The van der Waals surface area contributed by atoms with Crippen LogP contribution in [0.25, 0.3) is 0 Å². The molecule has 5 nitrogen and oxygen atoms in total. The van der Waals surface area contributed by atoms with Crippen LogP contribution in [0.4, 0.5) is 5.69 Å². The van der Waals surface area contributed by atoms with Crippen LogP contribution in [-0.4, -0.2) is 19.7 Å². The number of aryl methyl sites for hydroxylation is 2. The second kappa shape index (κ2) is 7.77. The van der Waals surface area contributed by atoms with Gasteiger partial charge in [0.25, 0.3) is 10.0 Å². The average molecular weight is 415 g/mol. The summed E-state index contributed by atoms with van der Waals surface area (Å²) >= 11 is 0. The van der Waals surface area contributed by atoms with E-state index < -0.39 is 19.9 Å². The van der Waals surface area contributed by atoms with Gasteiger partial charge in [-0.25, -0.2) is 4.21 Å². The molecule has 1 atom stereocenters. The zero-order valence-corrected chi connectivity index (χ0v) is 17.6. The van der Waals surface area contributed by atoms with E-state index >= 15 is 0 Å². The Bertz CT molecular complexity index is 1180. The van der Waals surface area contributed by atoms with Crippen LogP contribution in [0.3, 0.4) is 0 Å². The van der Waals surface area contributed by atoms with E-state index in [4.69, 9.17) is 0 Å². The van der Waals surface area contributed by atoms with Gasteiger partial charge in [-0.3, -0.25) is 4.31 Å². The Morgan fingerprint density at radius 2 is 1.14 bits per heavy atom. The molecule has 0 fully saturated rings. The van der Waals surface area contributed by atoms with Gasteiger partial charge in [-0.15, -0.1) is 0 Å². The molecule has 3 rings (SSSR count). The van der Waals surface area contributed by atoms with E-state index in [2.05, 4.69) is 3.77 Å². The van der Waals surface area contributed by atoms with Crippen LogP contribution in [-0.2, 0) is 19.9 Å². The first-order chi connectivity index (χ1) is 13.2. The minimum Gasteiger partial charge on any atom is -0.284 e. The van der Waals surface area contributed by atoms with Gasteiger partial charge in [0, 0.05) is 7.05 Å². The fourth-order valence-corrected chi connectivity index (χ4v) is 6.48. The summed E-state index contributed by atoms with van der Waals surface area (Å²) < 4.78 is 45.3. The van der Waals surface area contributed by atoms with Crippen molar-refractivity contribution in [1.82, 2.24) is 0 Å². The maximum atomic E-state index is 14.0. The van der Waals surface area contributed by atoms with Crippen LogP contribution in [0.1, 0.15) is 11.1 Å². The zero-order valence-electron chi connectivity index (χ0n) is 15.9. The molecule has 0 heterocycles. The molecular formula is C21H22N2O3S2. The molecule has 28 heavy (non-hydrogen) atoms. The molecule has 0 aliphatic carbocycles. The number of hydrogen-bond acceptors (Lipinski definition) is 3. The Balaban J connectivity index is 2.24. The van der Waals surface area contributed by atoms with Crippen LogP contribution in [0.15, 0.2) is 92.4 Å². The van der Waals surface area contributed by atoms with Gasteiger partial charge < -0.3 is 0 Å². The minimum absolute atomic E-state index is 0.0133. The van der Waals surface area contributed by atoms with Gasteiger partial charge in [-0.2, -0.15) is 8.42 Å². The maximum Gasteiger partial charge on any atom is 0.291 e. The number of para-hydroxylation sites is 1. The molecule has 0 aromatic heterocycles. The minimum atomic E-state index is -4.14. The lowest BCUT2D eigenvalue weighted by Gasteiger charge is -2.24. The molecule has 0 saturated carbocycles. The fraction of sp³-hybridized carbons (Fsp3) is 0.143. The van der Waals surface area contributed by atoms with E-state index in [0.717, 1.165) is 11.1 Å². The smallest absolute Gasteiger partial charge is 0.284 e. The van der Waals surface area contributed by atoms with Crippen LogP contribution in [0, 0.1) is 13.8 Å². The van der Waals surface area contributed by atoms with E-state index in [1.165, 1.54) is 16.4 Å². The van der Waals surface area contributed by atoms with Crippen molar-refractivity contribution in [2.24, 2.45) is 3.77 Å². The van der Waals surface area contributed by atoms with Crippen molar-refractivity contribution < 1.29 is 12.6 Å². The average Bonchev–Trinajstić information content (AvgIpc) is 2.68. The molecular weight excluding hydrogens is 392 g/mol. The second-order valence-electron chi connectivity index (χ2n) is 6.51. The third-order valence-electron chi connectivity index (χ3n) is 4.34. The summed E-state index contributed by atoms with van der Waals surface area (Å²) in [6.07, 6.45) is 0. The third kappa shape index (κ3) is 4.10. The summed E-state index contributed by atoms with van der Waals surface area (Å²) in [7, 11) is -6.01. The second-order valence-corrected chi connectivity index (χ2v) is 10.5.